The van der Waals surface area contributed by atoms with Gasteiger partial charge < -0.3 is 19.2 Å². The van der Waals surface area contributed by atoms with Crippen molar-refractivity contribution >= 4 is 7.82 Å². The Balaban J connectivity index is -0.0000000267. The van der Waals surface area contributed by atoms with Gasteiger partial charge in [-0.1, -0.05) is 0 Å². The summed E-state index contributed by atoms with van der Waals surface area (Å²) in [4.78, 5) is 25.6. The van der Waals surface area contributed by atoms with Gasteiger partial charge in [-0.05, 0) is 0 Å². The average Bonchev–Trinajstić information content (AvgIpc) is 0.722. The summed E-state index contributed by atoms with van der Waals surface area (Å²) in [7, 11) is -5.39. The smallest absolute Gasteiger partial charge is 0.822 e. The summed E-state index contributed by atoms with van der Waals surface area (Å²) >= 11 is 0. The van der Waals surface area contributed by atoms with Gasteiger partial charge in [0.1, 0.15) is 0 Å². The van der Waals surface area contributed by atoms with E-state index in [2.05, 4.69) is 0 Å². The molecule has 0 aromatic rings. The molecule has 32 valence electrons. The van der Waals surface area contributed by atoms with E-state index in [-0.39, 0.29) is 150 Å². The fourth-order valence-electron chi connectivity index (χ4n) is 0. The molecular weight excluding hydrogens is 764 g/mol. The first-order valence-corrected chi connectivity index (χ1v) is 2.19. The quantitative estimate of drug-likeness (QED) is 0.250. The van der Waals surface area contributed by atoms with Crippen molar-refractivity contribution in [1.82, 2.24) is 0 Å². The van der Waals surface area contributed by atoms with E-state index in [1.54, 1.807) is 0 Å². The topological polar surface area (TPSA) is 86.2 Å². The van der Waals surface area contributed by atoms with Gasteiger partial charge in [0.05, 0.1) is 0 Å². The molecule has 0 radical (unpaired) electrons. The van der Waals surface area contributed by atoms with Crippen molar-refractivity contribution in [2.75, 3.05) is 0 Å². The molecule has 0 unspecified atom stereocenters. The normalized spacial score (nSPS) is 7.38. The van der Waals surface area contributed by atoms with Crippen molar-refractivity contribution in [2.24, 2.45) is 0 Å². The summed E-state index contributed by atoms with van der Waals surface area (Å²) in [6.45, 7) is 0. The van der Waals surface area contributed by atoms with E-state index >= 15 is 0 Å². The van der Waals surface area contributed by atoms with Gasteiger partial charge >= 0.3 is 150 Å². The molecule has 0 aliphatic heterocycles. The monoisotopic (exact) mass is 764 g/mol. The molecule has 0 N–H and O–H groups in total. The summed E-state index contributed by atoms with van der Waals surface area (Å²) in [5.41, 5.74) is 0. The number of hydrogen-bond acceptors (Lipinski definition) is 4. The van der Waals surface area contributed by atoms with Crippen LogP contribution < -0.4 is 14.7 Å². The fraction of sp³-hybridized carbons (Fsp3) is 0. The fourth-order valence-corrected chi connectivity index (χ4v) is 0. The minimum absolute atomic E-state index is 0. The minimum atomic E-state index is -5.39. The molecule has 8 heavy (non-hydrogen) atoms. The summed E-state index contributed by atoms with van der Waals surface area (Å²) in [6.07, 6.45) is 0. The molecule has 0 aromatic carbocycles. The van der Waals surface area contributed by atoms with Gasteiger partial charge in [-0.15, -0.1) is 0 Å². The van der Waals surface area contributed by atoms with Gasteiger partial charge in [-0.3, -0.25) is 0 Å². The van der Waals surface area contributed by atoms with Crippen LogP contribution >= 0.6 is 7.82 Å². The SMILES string of the molecule is O=P([O-])([O-])[O-].[Fr+].[Fr+].[Fr+]. The average molecular weight is 764 g/mol. The standard InChI is InChI=1S/3Fr.H3O4P/c;;;1-5(2,3)4/h;;;(H3,1,2,3,4)/q3*+1;/p-3. The molecule has 0 aliphatic rings. The van der Waals surface area contributed by atoms with Crippen molar-refractivity contribution < 1.29 is 169 Å². The summed E-state index contributed by atoms with van der Waals surface area (Å²) < 4.78 is 8.55. The van der Waals surface area contributed by atoms with E-state index in [0.717, 1.165) is 0 Å². The third-order valence-corrected chi connectivity index (χ3v) is 0. The first kappa shape index (κ1) is 23.1. The molecule has 4 nitrogen and oxygen atoms in total. The van der Waals surface area contributed by atoms with E-state index in [0.29, 0.717) is 0 Å². The summed E-state index contributed by atoms with van der Waals surface area (Å²) in [5.74, 6) is 0. The molecule has 8 heteroatoms. The van der Waals surface area contributed by atoms with Crippen molar-refractivity contribution in [3.05, 3.63) is 0 Å². The zero-order valence-corrected chi connectivity index (χ0v) is 30.6. The Bertz CT molecular complexity index is 57.4. The Labute approximate surface area is 171 Å². The molecule has 0 fully saturated rings. The first-order chi connectivity index (χ1) is 2.00. The van der Waals surface area contributed by atoms with Crippen LogP contribution in [0, 0.1) is 150 Å². The Hall–Kier alpha value is 4.90. The largest absolute Gasteiger partial charge is 1.00 e. The maximum absolute atomic E-state index is 8.55. The van der Waals surface area contributed by atoms with Crippen LogP contribution in [-0.4, -0.2) is 0 Å². The van der Waals surface area contributed by atoms with Gasteiger partial charge in [-0.25, -0.2) is 0 Å². The predicted octanol–water partition coefficient (Wildman–Crippen LogP) is -2.82. The summed E-state index contributed by atoms with van der Waals surface area (Å²) in [5, 5.41) is 0. The van der Waals surface area contributed by atoms with Crippen LogP contribution in [0.1, 0.15) is 0 Å². The van der Waals surface area contributed by atoms with E-state index in [9.17, 15) is 0 Å². The minimum Gasteiger partial charge on any atom is -0.822 e. The molecular formula is Fr3O4P. The second-order valence-electron chi connectivity index (χ2n) is 0.447. The van der Waals surface area contributed by atoms with Gasteiger partial charge in [0.2, 0.25) is 0 Å². The van der Waals surface area contributed by atoms with Gasteiger partial charge in [0.25, 0.3) is 0 Å². The van der Waals surface area contributed by atoms with E-state index in [1.807, 2.05) is 0 Å². The maximum Gasteiger partial charge on any atom is 1.00 e. The number of hydrogen-bond donors (Lipinski definition) is 0. The van der Waals surface area contributed by atoms with Crippen molar-refractivity contribution in [3.63, 3.8) is 0 Å². The zero-order valence-electron chi connectivity index (χ0n) is 5.08. The third-order valence-electron chi connectivity index (χ3n) is 0. The molecule has 0 bridgehead atoms. The van der Waals surface area contributed by atoms with Crippen molar-refractivity contribution in [2.45, 2.75) is 0 Å². The Morgan fingerprint density at radius 2 is 0.875 bits per heavy atom. The molecule has 0 aliphatic carbocycles. The third kappa shape index (κ3) is 44.5. The van der Waals surface area contributed by atoms with E-state index < -0.39 is 7.82 Å². The second kappa shape index (κ2) is 11.9. The molecule has 0 rings (SSSR count). The van der Waals surface area contributed by atoms with Crippen LogP contribution in [0.4, 0.5) is 0 Å². The Morgan fingerprint density at radius 1 is 0.875 bits per heavy atom. The number of rotatable bonds is 0. The van der Waals surface area contributed by atoms with Crippen LogP contribution in [0.2, 0.25) is 0 Å². The maximum atomic E-state index is 8.55. The van der Waals surface area contributed by atoms with Gasteiger partial charge in [0.15, 0.2) is 0 Å². The molecule has 0 saturated carbocycles. The second-order valence-corrected chi connectivity index (χ2v) is 1.34. The first-order valence-electron chi connectivity index (χ1n) is 0.730. The van der Waals surface area contributed by atoms with Crippen molar-refractivity contribution in [3.8, 4) is 0 Å². The zero-order chi connectivity index (χ0) is 4.50. The van der Waals surface area contributed by atoms with Crippen LogP contribution in [0.25, 0.3) is 0 Å². The van der Waals surface area contributed by atoms with Crippen LogP contribution in [0.5, 0.6) is 0 Å². The van der Waals surface area contributed by atoms with E-state index in [1.165, 1.54) is 0 Å². The van der Waals surface area contributed by atoms with E-state index in [4.69, 9.17) is 19.2 Å². The Kier molecular flexibility index (Phi) is 34.3. The molecule has 0 aromatic heterocycles. The molecule has 0 heterocycles. The van der Waals surface area contributed by atoms with Gasteiger partial charge in [-0.2, -0.15) is 7.82 Å². The van der Waals surface area contributed by atoms with Crippen LogP contribution in [0.3, 0.4) is 0 Å². The predicted molar refractivity (Wildman–Crippen MR) is 7.61 cm³/mol. The molecule has 0 spiro atoms. The number of phosphoric acid groups is 1. The van der Waals surface area contributed by atoms with Gasteiger partial charge in [0, 0.05) is 0 Å². The van der Waals surface area contributed by atoms with Crippen molar-refractivity contribution in [1.29, 1.82) is 0 Å². The summed E-state index contributed by atoms with van der Waals surface area (Å²) in [6, 6.07) is 0. The molecule has 0 atom stereocenters. The van der Waals surface area contributed by atoms with Crippen LogP contribution in [-0.2, 0) is 4.57 Å². The molecule has 0 amide bonds. The van der Waals surface area contributed by atoms with Crippen LogP contribution in [0.15, 0.2) is 0 Å². The Morgan fingerprint density at radius 3 is 0.875 bits per heavy atom. The molecule has 0 saturated heterocycles.